The molecule has 0 aromatic heterocycles. The van der Waals surface area contributed by atoms with Crippen molar-refractivity contribution in [1.29, 1.82) is 5.26 Å². The number of para-hydroxylation sites is 1. The summed E-state index contributed by atoms with van der Waals surface area (Å²) >= 11 is 5.62. The Morgan fingerprint density at radius 2 is 1.90 bits per heavy atom. The number of ether oxygens (including phenoxy) is 2. The molecule has 0 unspecified atom stereocenters. The number of benzene rings is 2. The van der Waals surface area contributed by atoms with Crippen LogP contribution in [0.5, 0.6) is 5.75 Å². The number of rotatable bonds is 6. The summed E-state index contributed by atoms with van der Waals surface area (Å²) in [6, 6.07) is 18.3. The van der Waals surface area contributed by atoms with Crippen molar-refractivity contribution in [3.8, 4) is 11.8 Å². The lowest BCUT2D eigenvalue weighted by molar-refractivity contribution is -0.139. The highest BCUT2D eigenvalue weighted by molar-refractivity contribution is 7.80. The highest BCUT2D eigenvalue weighted by Crippen LogP contribution is 2.34. The van der Waals surface area contributed by atoms with Gasteiger partial charge in [-0.1, -0.05) is 30.3 Å². The number of nitrogens with one attached hydrogen (secondary N) is 1. The smallest absolute Gasteiger partial charge is 0.338 e. The quantitative estimate of drug-likeness (QED) is 0.576. The summed E-state index contributed by atoms with van der Waals surface area (Å²) in [6.45, 7) is 3.90. The van der Waals surface area contributed by atoms with Crippen molar-refractivity contribution in [3.05, 3.63) is 71.4 Å². The van der Waals surface area contributed by atoms with Gasteiger partial charge in [-0.25, -0.2) is 4.79 Å². The fourth-order valence-corrected chi connectivity index (χ4v) is 3.59. The predicted octanol–water partition coefficient (Wildman–Crippen LogP) is 3.86. The van der Waals surface area contributed by atoms with Crippen LogP contribution in [-0.2, 0) is 9.53 Å². The average molecular weight is 407 g/mol. The fraction of sp³-hybridized carbons (Fsp3) is 0.227. The molecule has 29 heavy (non-hydrogen) atoms. The molecule has 7 heteroatoms. The molecule has 1 aliphatic heterocycles. The summed E-state index contributed by atoms with van der Waals surface area (Å²) in [5.74, 6) is 0.189. The van der Waals surface area contributed by atoms with Crippen LogP contribution >= 0.6 is 12.2 Å². The summed E-state index contributed by atoms with van der Waals surface area (Å²) in [6.07, 6.45) is 0. The first-order valence-electron chi connectivity index (χ1n) is 9.20. The number of carbonyl (C=O) groups is 1. The largest absolute Gasteiger partial charge is 0.479 e. The second kappa shape index (κ2) is 9.22. The van der Waals surface area contributed by atoms with Crippen molar-refractivity contribution in [3.63, 3.8) is 0 Å². The van der Waals surface area contributed by atoms with Crippen LogP contribution in [0.2, 0.25) is 0 Å². The highest BCUT2D eigenvalue weighted by atomic mass is 32.1. The molecule has 3 rings (SSSR count). The topological polar surface area (TPSA) is 74.6 Å². The van der Waals surface area contributed by atoms with E-state index in [1.807, 2.05) is 60.4 Å². The number of hydrogen-bond donors (Lipinski definition) is 1. The molecule has 6 nitrogen and oxygen atoms in total. The van der Waals surface area contributed by atoms with E-state index >= 15 is 0 Å². The standard InChI is InChI=1S/C22H21N3O3S/c1-3-27-21(26)19-15(2)25(17-7-5-4-6-8-17)22(29)24-20(19)16-9-11-18(12-10-16)28-14-13-23/h4-12,20H,3,14H2,1-2H3,(H,24,29)/t20-/m1/s1. The number of esters is 1. The summed E-state index contributed by atoms with van der Waals surface area (Å²) in [5.41, 5.74) is 2.91. The third-order valence-corrected chi connectivity index (χ3v) is 4.81. The first kappa shape index (κ1) is 20.4. The van der Waals surface area contributed by atoms with E-state index < -0.39 is 12.0 Å². The number of hydrogen-bond acceptors (Lipinski definition) is 5. The van der Waals surface area contributed by atoms with E-state index in [1.165, 1.54) is 0 Å². The maximum Gasteiger partial charge on any atom is 0.338 e. The van der Waals surface area contributed by atoms with Crippen molar-refractivity contribution < 1.29 is 14.3 Å². The van der Waals surface area contributed by atoms with Crippen LogP contribution in [0.15, 0.2) is 65.9 Å². The van der Waals surface area contributed by atoms with Crippen molar-refractivity contribution in [2.24, 2.45) is 0 Å². The van der Waals surface area contributed by atoms with Gasteiger partial charge in [-0.05, 0) is 55.9 Å². The molecule has 0 saturated carbocycles. The first-order valence-corrected chi connectivity index (χ1v) is 9.61. The number of thiocarbonyl (C=S) groups is 1. The Bertz CT molecular complexity index is 965. The van der Waals surface area contributed by atoms with E-state index in [1.54, 1.807) is 19.1 Å². The summed E-state index contributed by atoms with van der Waals surface area (Å²) in [4.78, 5) is 14.7. The van der Waals surface area contributed by atoms with Crippen molar-refractivity contribution >= 4 is 29.0 Å². The van der Waals surface area contributed by atoms with Crippen LogP contribution in [0.1, 0.15) is 25.5 Å². The van der Waals surface area contributed by atoms with Crippen LogP contribution in [-0.4, -0.2) is 24.3 Å². The van der Waals surface area contributed by atoms with E-state index in [0.29, 0.717) is 22.1 Å². The van der Waals surface area contributed by atoms with Gasteiger partial charge in [-0.2, -0.15) is 5.26 Å². The van der Waals surface area contributed by atoms with Gasteiger partial charge >= 0.3 is 5.97 Å². The molecule has 2 aromatic carbocycles. The van der Waals surface area contributed by atoms with Gasteiger partial charge in [0.15, 0.2) is 11.7 Å². The second-order valence-corrected chi connectivity index (χ2v) is 6.68. The second-order valence-electron chi connectivity index (χ2n) is 6.29. The molecule has 1 N–H and O–H groups in total. The molecular formula is C22H21N3O3S. The first-order chi connectivity index (χ1) is 14.1. The number of carbonyl (C=O) groups excluding carboxylic acids is 1. The minimum Gasteiger partial charge on any atom is -0.479 e. The lowest BCUT2D eigenvalue weighted by Crippen LogP contribution is -2.48. The van der Waals surface area contributed by atoms with E-state index in [0.717, 1.165) is 11.3 Å². The van der Waals surface area contributed by atoms with Gasteiger partial charge in [0.05, 0.1) is 18.2 Å². The molecule has 0 saturated heterocycles. The Morgan fingerprint density at radius 1 is 1.21 bits per heavy atom. The summed E-state index contributed by atoms with van der Waals surface area (Å²) < 4.78 is 10.6. The van der Waals surface area contributed by atoms with Gasteiger partial charge < -0.3 is 14.8 Å². The Labute approximate surface area is 175 Å². The van der Waals surface area contributed by atoms with Crippen molar-refractivity contribution in [1.82, 2.24) is 5.32 Å². The van der Waals surface area contributed by atoms with Gasteiger partial charge in [-0.3, -0.25) is 4.90 Å². The molecule has 1 aliphatic rings. The van der Waals surface area contributed by atoms with E-state index in [9.17, 15) is 4.79 Å². The third-order valence-electron chi connectivity index (χ3n) is 4.51. The van der Waals surface area contributed by atoms with Crippen molar-refractivity contribution in [2.75, 3.05) is 18.1 Å². The molecule has 2 aromatic rings. The SMILES string of the molecule is CCOC(=O)C1=C(C)N(c2ccccc2)C(=S)N[C@@H]1c1ccc(OCC#N)cc1. The third kappa shape index (κ3) is 4.39. The highest BCUT2D eigenvalue weighted by Gasteiger charge is 2.35. The van der Waals surface area contributed by atoms with Gasteiger partial charge in [0.2, 0.25) is 0 Å². The maximum atomic E-state index is 12.8. The molecule has 1 heterocycles. The lowest BCUT2D eigenvalue weighted by Gasteiger charge is -2.37. The number of nitriles is 1. The number of allylic oxidation sites excluding steroid dienone is 1. The number of nitrogens with zero attached hydrogens (tertiary/aromatic N) is 2. The Hall–Kier alpha value is -3.37. The Kier molecular flexibility index (Phi) is 6.47. The fourth-order valence-electron chi connectivity index (χ4n) is 3.23. The van der Waals surface area contributed by atoms with Gasteiger partial charge in [0.1, 0.15) is 11.8 Å². The van der Waals surface area contributed by atoms with E-state index in [-0.39, 0.29) is 13.2 Å². The molecule has 0 fully saturated rings. The minimum absolute atomic E-state index is 0.0236. The van der Waals surface area contributed by atoms with Crippen LogP contribution in [0.4, 0.5) is 5.69 Å². The molecular weight excluding hydrogens is 386 g/mol. The Balaban J connectivity index is 2.02. The predicted molar refractivity (Wildman–Crippen MR) is 114 cm³/mol. The lowest BCUT2D eigenvalue weighted by atomic mass is 9.94. The van der Waals surface area contributed by atoms with Crippen LogP contribution in [0, 0.1) is 11.3 Å². The molecule has 1 atom stereocenters. The molecule has 0 bridgehead atoms. The zero-order valence-corrected chi connectivity index (χ0v) is 17.0. The van der Waals surface area contributed by atoms with E-state index in [2.05, 4.69) is 5.32 Å². The Morgan fingerprint density at radius 3 is 2.52 bits per heavy atom. The zero-order valence-electron chi connectivity index (χ0n) is 16.2. The maximum absolute atomic E-state index is 12.8. The van der Waals surface area contributed by atoms with Crippen LogP contribution < -0.4 is 15.0 Å². The van der Waals surface area contributed by atoms with Crippen LogP contribution in [0.3, 0.4) is 0 Å². The van der Waals surface area contributed by atoms with Crippen molar-refractivity contribution in [2.45, 2.75) is 19.9 Å². The minimum atomic E-state index is -0.452. The molecule has 0 spiro atoms. The van der Waals surface area contributed by atoms with Gasteiger partial charge in [-0.15, -0.1) is 0 Å². The van der Waals surface area contributed by atoms with Crippen LogP contribution in [0.25, 0.3) is 0 Å². The number of anilines is 1. The van der Waals surface area contributed by atoms with Gasteiger partial charge in [0.25, 0.3) is 0 Å². The van der Waals surface area contributed by atoms with E-state index in [4.69, 9.17) is 27.0 Å². The molecule has 0 radical (unpaired) electrons. The molecule has 0 amide bonds. The monoisotopic (exact) mass is 407 g/mol. The normalized spacial score (nSPS) is 16.1. The summed E-state index contributed by atoms with van der Waals surface area (Å²) in [5, 5.41) is 12.4. The molecule has 148 valence electrons. The molecule has 0 aliphatic carbocycles. The summed E-state index contributed by atoms with van der Waals surface area (Å²) in [7, 11) is 0. The zero-order chi connectivity index (χ0) is 20.8. The average Bonchev–Trinajstić information content (AvgIpc) is 2.73. The van der Waals surface area contributed by atoms with Gasteiger partial charge in [0, 0.05) is 11.4 Å².